The molecule has 1 aromatic carbocycles. The van der Waals surface area contributed by atoms with Crippen molar-refractivity contribution in [1.29, 1.82) is 0 Å². The van der Waals surface area contributed by atoms with Gasteiger partial charge in [-0.25, -0.2) is 0 Å². The van der Waals surface area contributed by atoms with Gasteiger partial charge < -0.3 is 4.74 Å². The lowest BCUT2D eigenvalue weighted by molar-refractivity contribution is -0.147. The van der Waals surface area contributed by atoms with E-state index in [0.717, 1.165) is 16.2 Å². The van der Waals surface area contributed by atoms with Gasteiger partial charge in [0.1, 0.15) is 0 Å². The zero-order valence-corrected chi connectivity index (χ0v) is 9.79. The van der Waals surface area contributed by atoms with Gasteiger partial charge in [-0.3, -0.25) is 4.79 Å². The number of benzene rings is 1. The molecule has 0 spiro atoms. The van der Waals surface area contributed by atoms with Gasteiger partial charge >= 0.3 is 5.97 Å². The number of ether oxygens (including phenoxy) is 1. The summed E-state index contributed by atoms with van der Waals surface area (Å²) in [7, 11) is 0. The molecule has 0 saturated heterocycles. The predicted octanol–water partition coefficient (Wildman–Crippen LogP) is 2.44. The second-order valence-electron chi connectivity index (χ2n) is 3.65. The fourth-order valence-electron chi connectivity index (χ4n) is 1.65. The maximum Gasteiger partial charge on any atom is 0.315 e. The maximum atomic E-state index is 11.8. The molecule has 16 heavy (non-hydrogen) atoms. The topological polar surface area (TPSA) is 26.3 Å². The highest BCUT2D eigenvalue weighted by Crippen LogP contribution is 2.39. The molecule has 82 valence electrons. The molecule has 0 fully saturated rings. The molecule has 3 heteroatoms. The normalized spacial score (nSPS) is 19.6. The van der Waals surface area contributed by atoms with Crippen LogP contribution in [0.25, 0.3) is 0 Å². The molecule has 1 aliphatic heterocycles. The van der Waals surface area contributed by atoms with Crippen LogP contribution in [0.3, 0.4) is 0 Å². The van der Waals surface area contributed by atoms with Crippen LogP contribution in [-0.2, 0) is 9.53 Å². The molecule has 1 aliphatic rings. The van der Waals surface area contributed by atoms with Crippen molar-refractivity contribution < 1.29 is 9.53 Å². The van der Waals surface area contributed by atoms with Gasteiger partial charge in [-0.15, -0.1) is 18.2 Å². The summed E-state index contributed by atoms with van der Waals surface area (Å²) in [5.74, 6) is 2.75. The van der Waals surface area contributed by atoms with E-state index in [1.807, 2.05) is 24.3 Å². The first-order valence-corrected chi connectivity index (χ1v) is 6.09. The number of carbonyl (C=O) groups excluding carboxylic acids is 1. The molecule has 0 aliphatic carbocycles. The van der Waals surface area contributed by atoms with E-state index in [1.165, 1.54) is 0 Å². The molecule has 2 atom stereocenters. The van der Waals surface area contributed by atoms with Crippen LogP contribution >= 0.6 is 11.8 Å². The average molecular weight is 232 g/mol. The van der Waals surface area contributed by atoms with E-state index >= 15 is 0 Å². The third-order valence-electron chi connectivity index (χ3n) is 2.51. The lowest BCUT2D eigenvalue weighted by Gasteiger charge is -2.12. The fourth-order valence-corrected chi connectivity index (χ4v) is 2.86. The van der Waals surface area contributed by atoms with E-state index in [4.69, 9.17) is 11.2 Å². The molecule has 0 amide bonds. The van der Waals surface area contributed by atoms with Crippen molar-refractivity contribution in [1.82, 2.24) is 0 Å². The Morgan fingerprint density at radius 2 is 2.38 bits per heavy atom. The third-order valence-corrected chi connectivity index (χ3v) is 3.69. The van der Waals surface area contributed by atoms with Gasteiger partial charge in [0.2, 0.25) is 0 Å². The van der Waals surface area contributed by atoms with Crippen molar-refractivity contribution in [3.63, 3.8) is 0 Å². The minimum absolute atomic E-state index is 0.169. The van der Waals surface area contributed by atoms with Gasteiger partial charge in [-0.1, -0.05) is 24.1 Å². The fraction of sp³-hybridized carbons (Fsp3) is 0.308. The second-order valence-corrected chi connectivity index (χ2v) is 4.71. The number of esters is 1. The Morgan fingerprint density at radius 3 is 3.12 bits per heavy atom. The highest BCUT2D eigenvalue weighted by atomic mass is 32.2. The van der Waals surface area contributed by atoms with Crippen LogP contribution in [0.5, 0.6) is 0 Å². The van der Waals surface area contributed by atoms with Crippen LogP contribution < -0.4 is 0 Å². The average Bonchev–Trinajstić information content (AvgIpc) is 2.72. The van der Waals surface area contributed by atoms with Gasteiger partial charge in [0.05, 0.1) is 5.92 Å². The van der Waals surface area contributed by atoms with Crippen molar-refractivity contribution in [3.8, 4) is 12.3 Å². The van der Waals surface area contributed by atoms with Crippen molar-refractivity contribution in [2.45, 2.75) is 23.8 Å². The van der Waals surface area contributed by atoms with Crippen LogP contribution in [-0.4, -0.2) is 17.8 Å². The maximum absolute atomic E-state index is 11.8. The Bertz CT molecular complexity index is 447. The number of hydrogen-bond donors (Lipinski definition) is 0. The summed E-state index contributed by atoms with van der Waals surface area (Å²) >= 11 is 1.69. The standard InChI is InChI=1S/C13H12O2S/c1-3-9(2)15-13(14)11-8-16-12-7-5-4-6-10(11)12/h1,4-7,9,11H,8H2,2H3/t9-,11-/m1/s1. The van der Waals surface area contributed by atoms with Gasteiger partial charge in [0.25, 0.3) is 0 Å². The van der Waals surface area contributed by atoms with E-state index in [0.29, 0.717) is 0 Å². The summed E-state index contributed by atoms with van der Waals surface area (Å²) < 4.78 is 5.15. The molecule has 0 radical (unpaired) electrons. The molecule has 0 N–H and O–H groups in total. The number of carbonyl (C=O) groups is 1. The molecule has 2 rings (SSSR count). The smallest absolute Gasteiger partial charge is 0.315 e. The molecule has 1 aromatic rings. The minimum Gasteiger partial charge on any atom is -0.449 e. The molecule has 2 nitrogen and oxygen atoms in total. The second kappa shape index (κ2) is 4.63. The molecule has 0 saturated carbocycles. The van der Waals surface area contributed by atoms with E-state index in [2.05, 4.69) is 5.92 Å². The Kier molecular flexibility index (Phi) is 3.21. The molecule has 0 unspecified atom stereocenters. The first-order chi connectivity index (χ1) is 7.72. The SMILES string of the molecule is C#C[C@@H](C)OC(=O)[C@@H]1CSc2ccccc21. The molecular weight excluding hydrogens is 220 g/mol. The van der Waals surface area contributed by atoms with E-state index in [1.54, 1.807) is 18.7 Å². The third kappa shape index (κ3) is 2.07. The van der Waals surface area contributed by atoms with Crippen molar-refractivity contribution in [3.05, 3.63) is 29.8 Å². The van der Waals surface area contributed by atoms with Crippen molar-refractivity contribution in [2.24, 2.45) is 0 Å². The number of hydrogen-bond acceptors (Lipinski definition) is 3. The number of terminal acetylenes is 1. The first-order valence-electron chi connectivity index (χ1n) is 5.10. The number of rotatable bonds is 2. The summed E-state index contributed by atoms with van der Waals surface area (Å²) in [4.78, 5) is 13.0. The Hall–Kier alpha value is -1.40. The monoisotopic (exact) mass is 232 g/mol. The van der Waals surface area contributed by atoms with E-state index in [9.17, 15) is 4.79 Å². The Morgan fingerprint density at radius 1 is 1.62 bits per heavy atom. The summed E-state index contributed by atoms with van der Waals surface area (Å²) in [6.45, 7) is 1.70. The molecule has 1 heterocycles. The highest BCUT2D eigenvalue weighted by Gasteiger charge is 2.30. The van der Waals surface area contributed by atoms with Gasteiger partial charge in [-0.05, 0) is 18.6 Å². The van der Waals surface area contributed by atoms with E-state index in [-0.39, 0.29) is 11.9 Å². The van der Waals surface area contributed by atoms with Crippen LogP contribution in [0, 0.1) is 12.3 Å². The van der Waals surface area contributed by atoms with Crippen LogP contribution in [0.2, 0.25) is 0 Å². The summed E-state index contributed by atoms with van der Waals surface area (Å²) in [6, 6.07) is 7.92. The lowest BCUT2D eigenvalue weighted by atomic mass is 10.0. The van der Waals surface area contributed by atoms with Gasteiger partial charge in [-0.2, -0.15) is 0 Å². The predicted molar refractivity (Wildman–Crippen MR) is 64.3 cm³/mol. The van der Waals surface area contributed by atoms with Gasteiger partial charge in [0, 0.05) is 10.6 Å². The minimum atomic E-state index is -0.453. The molecule has 0 aromatic heterocycles. The van der Waals surface area contributed by atoms with Crippen LogP contribution in [0.4, 0.5) is 0 Å². The largest absolute Gasteiger partial charge is 0.449 e. The van der Waals surface area contributed by atoms with Crippen LogP contribution in [0.1, 0.15) is 18.4 Å². The Labute approximate surface area is 99.4 Å². The Balaban J connectivity index is 2.14. The van der Waals surface area contributed by atoms with Gasteiger partial charge in [0.15, 0.2) is 6.10 Å². The zero-order chi connectivity index (χ0) is 11.5. The van der Waals surface area contributed by atoms with Crippen LogP contribution in [0.15, 0.2) is 29.2 Å². The van der Waals surface area contributed by atoms with E-state index < -0.39 is 6.10 Å². The summed E-state index contributed by atoms with van der Waals surface area (Å²) in [5, 5.41) is 0. The summed E-state index contributed by atoms with van der Waals surface area (Å²) in [5.41, 5.74) is 1.06. The molecular formula is C13H12O2S. The highest BCUT2D eigenvalue weighted by molar-refractivity contribution is 7.99. The van der Waals surface area contributed by atoms with Crippen molar-refractivity contribution >= 4 is 17.7 Å². The molecule has 0 bridgehead atoms. The number of fused-ring (bicyclic) bond motifs is 1. The van der Waals surface area contributed by atoms with Crippen molar-refractivity contribution in [2.75, 3.05) is 5.75 Å². The lowest BCUT2D eigenvalue weighted by Crippen LogP contribution is -2.20. The summed E-state index contributed by atoms with van der Waals surface area (Å²) in [6.07, 6.45) is 4.73. The first kappa shape index (κ1) is 11.1. The number of thioether (sulfide) groups is 1. The zero-order valence-electron chi connectivity index (χ0n) is 8.97. The quantitative estimate of drug-likeness (QED) is 0.578.